The van der Waals surface area contributed by atoms with Crippen LogP contribution in [0.5, 0.6) is 0 Å². The van der Waals surface area contributed by atoms with Crippen molar-refractivity contribution in [2.45, 2.75) is 0 Å². The molecule has 0 spiro atoms. The Hall–Kier alpha value is 0.739. The van der Waals surface area contributed by atoms with E-state index in [-0.39, 0.29) is 17.1 Å². The van der Waals surface area contributed by atoms with Gasteiger partial charge >= 0.3 is 0 Å². The van der Waals surface area contributed by atoms with Gasteiger partial charge in [-0.1, -0.05) is 0 Å². The van der Waals surface area contributed by atoms with E-state index in [0.29, 0.717) is 0 Å². The predicted octanol–water partition coefficient (Wildman–Crippen LogP) is -4.39. The topological polar surface area (TPSA) is 167 Å². The molecule has 0 aliphatic heterocycles. The van der Waals surface area contributed by atoms with E-state index in [1.165, 1.54) is 0 Å². The summed E-state index contributed by atoms with van der Waals surface area (Å²) in [5.41, 5.74) is 0. The molecule has 0 heterocycles. The first-order valence-corrected chi connectivity index (χ1v) is 4.49. The largest absolute Gasteiger partial charge is 0.822 e. The molecule has 0 aromatic carbocycles. The minimum absolute atomic E-state index is 0. The summed E-state index contributed by atoms with van der Waals surface area (Å²) in [5.74, 6) is 0. The molecule has 0 rings (SSSR count). The van der Waals surface area contributed by atoms with E-state index in [9.17, 15) is 0 Å². The molecule has 0 fully saturated rings. The molecule has 0 saturated carbocycles. The van der Waals surface area contributed by atoms with Gasteiger partial charge in [-0.25, -0.2) is 0 Å². The van der Waals surface area contributed by atoms with E-state index < -0.39 is 15.6 Å². The maximum Gasteiger partial charge on any atom is 0.262 e. The van der Waals surface area contributed by atoms with E-state index in [1.54, 1.807) is 0 Å². The van der Waals surface area contributed by atoms with Crippen LogP contribution in [0.2, 0.25) is 0 Å². The quantitative estimate of drug-likeness (QED) is 0.319. The van der Waals surface area contributed by atoms with Gasteiger partial charge < -0.3 is 33.9 Å². The van der Waals surface area contributed by atoms with Gasteiger partial charge in [0.2, 0.25) is 0 Å². The van der Waals surface area contributed by atoms with Crippen molar-refractivity contribution in [3.8, 4) is 0 Å². The SMILES string of the molecule is O=P([O-])(O)O.O=P([O-])([O-])[O-].[Mn]. The molecule has 0 aromatic rings. The van der Waals surface area contributed by atoms with Crippen molar-refractivity contribution in [3.05, 3.63) is 0 Å². The van der Waals surface area contributed by atoms with Gasteiger partial charge in [0, 0.05) is 17.1 Å². The Kier molecular flexibility index (Phi) is 10.1. The van der Waals surface area contributed by atoms with Crippen LogP contribution in [0, 0.1) is 0 Å². The minimum atomic E-state index is -5.39. The molecule has 11 heteroatoms. The van der Waals surface area contributed by atoms with Gasteiger partial charge in [0.25, 0.3) is 7.82 Å². The summed E-state index contributed by atoms with van der Waals surface area (Å²) in [6.45, 7) is 0. The van der Waals surface area contributed by atoms with Gasteiger partial charge in [0.1, 0.15) is 0 Å². The number of hydrogen-bond acceptors (Lipinski definition) is 6. The molecule has 0 amide bonds. The summed E-state index contributed by atoms with van der Waals surface area (Å²) >= 11 is 0. The zero-order chi connectivity index (χ0) is 9.00. The molecule has 0 unspecified atom stereocenters. The van der Waals surface area contributed by atoms with E-state index in [4.69, 9.17) is 38.5 Å². The summed E-state index contributed by atoms with van der Waals surface area (Å²) in [6.07, 6.45) is 0. The second kappa shape index (κ2) is 6.28. The van der Waals surface area contributed by atoms with E-state index in [1.807, 2.05) is 0 Å². The van der Waals surface area contributed by atoms with Crippen LogP contribution < -0.4 is 19.6 Å². The van der Waals surface area contributed by atoms with Gasteiger partial charge in [-0.3, -0.25) is 4.57 Å². The monoisotopic (exact) mass is 247 g/mol. The molecule has 11 heavy (non-hydrogen) atoms. The molecule has 0 aliphatic rings. The Bertz CT molecular complexity index is 124. The number of phosphoric acid groups is 2. The Morgan fingerprint density at radius 2 is 0.909 bits per heavy atom. The molecule has 2 N–H and O–H groups in total. The molecule has 8 nitrogen and oxygen atoms in total. The van der Waals surface area contributed by atoms with Crippen LogP contribution in [0.1, 0.15) is 0 Å². The van der Waals surface area contributed by atoms with Crippen molar-refractivity contribution in [1.29, 1.82) is 0 Å². The van der Waals surface area contributed by atoms with Crippen LogP contribution in [0.3, 0.4) is 0 Å². The Morgan fingerprint density at radius 3 is 0.909 bits per heavy atom. The normalized spacial score (nSPS) is 10.7. The maximum atomic E-state index is 8.77. The standard InChI is InChI=1S/Mn.2H3O4P/c;2*1-5(2,3)4/h;2*(H3,1,2,3,4)/p-4. The van der Waals surface area contributed by atoms with E-state index in [2.05, 4.69) is 0 Å². The Labute approximate surface area is 71.8 Å². The van der Waals surface area contributed by atoms with Gasteiger partial charge in [-0.2, -0.15) is 7.82 Å². The second-order valence-electron chi connectivity index (χ2n) is 0.938. The molecular weight excluding hydrogens is 245 g/mol. The second-order valence-corrected chi connectivity index (χ2v) is 2.81. The van der Waals surface area contributed by atoms with Crippen LogP contribution >= 0.6 is 15.6 Å². The molecule has 0 aromatic heterocycles. The van der Waals surface area contributed by atoms with Crippen LogP contribution in [-0.2, 0) is 26.2 Å². The molecule has 0 saturated heterocycles. The first-order chi connectivity index (χ1) is 4.00. The van der Waals surface area contributed by atoms with Crippen LogP contribution in [0.15, 0.2) is 0 Å². The molecular formula is H2MnO8P2-4. The third-order valence-electron chi connectivity index (χ3n) is 0. The van der Waals surface area contributed by atoms with Crippen molar-refractivity contribution in [1.82, 2.24) is 0 Å². The maximum absolute atomic E-state index is 8.77. The summed E-state index contributed by atoms with van der Waals surface area (Å²) in [7, 11) is -10.3. The molecule has 0 bridgehead atoms. The van der Waals surface area contributed by atoms with Crippen LogP contribution in [-0.4, -0.2) is 9.79 Å². The summed E-state index contributed by atoms with van der Waals surface area (Å²) in [4.78, 5) is 48.6. The van der Waals surface area contributed by atoms with Crippen molar-refractivity contribution >= 4 is 15.6 Å². The zero-order valence-corrected chi connectivity index (χ0v) is 7.59. The minimum Gasteiger partial charge on any atom is -0.822 e. The van der Waals surface area contributed by atoms with Crippen molar-refractivity contribution in [2.24, 2.45) is 0 Å². The average Bonchev–Trinajstić information content (AvgIpc) is 1.12. The number of hydrogen-bond donors (Lipinski definition) is 2. The summed E-state index contributed by atoms with van der Waals surface area (Å²) in [5, 5.41) is 0. The zero-order valence-electron chi connectivity index (χ0n) is 4.62. The fraction of sp³-hybridized carbons (Fsp3) is 0. The molecule has 0 aliphatic carbocycles. The molecule has 1 radical (unpaired) electrons. The fourth-order valence-electron chi connectivity index (χ4n) is 0. The summed E-state index contributed by atoms with van der Waals surface area (Å²) in [6, 6.07) is 0. The molecule has 71 valence electrons. The van der Waals surface area contributed by atoms with Gasteiger partial charge in [-0.15, -0.1) is 0 Å². The molecule has 0 atom stereocenters. The predicted molar refractivity (Wildman–Crippen MR) is 19.7 cm³/mol. The van der Waals surface area contributed by atoms with Crippen LogP contribution in [0.4, 0.5) is 0 Å². The van der Waals surface area contributed by atoms with E-state index >= 15 is 0 Å². The Balaban J connectivity index is -0.000000107. The summed E-state index contributed by atoms with van der Waals surface area (Å²) < 4.78 is 17.3. The van der Waals surface area contributed by atoms with Gasteiger partial charge in [-0.05, 0) is 0 Å². The van der Waals surface area contributed by atoms with Crippen molar-refractivity contribution < 1.29 is 55.6 Å². The third kappa shape index (κ3) is 1500. The van der Waals surface area contributed by atoms with Crippen LogP contribution in [0.25, 0.3) is 0 Å². The smallest absolute Gasteiger partial charge is 0.262 e. The van der Waals surface area contributed by atoms with E-state index in [0.717, 1.165) is 0 Å². The van der Waals surface area contributed by atoms with Gasteiger partial charge in [0.15, 0.2) is 0 Å². The Morgan fingerprint density at radius 1 is 0.909 bits per heavy atom. The number of rotatable bonds is 0. The average molecular weight is 247 g/mol. The van der Waals surface area contributed by atoms with Crippen molar-refractivity contribution in [2.75, 3.05) is 0 Å². The van der Waals surface area contributed by atoms with Gasteiger partial charge in [0.05, 0.1) is 0 Å². The fourth-order valence-corrected chi connectivity index (χ4v) is 0. The first-order valence-electron chi connectivity index (χ1n) is 1.50. The first kappa shape index (κ1) is 17.7. The third-order valence-corrected chi connectivity index (χ3v) is 0. The van der Waals surface area contributed by atoms with Crippen molar-refractivity contribution in [3.63, 3.8) is 0 Å².